The highest BCUT2D eigenvalue weighted by molar-refractivity contribution is 7.15. The Morgan fingerprint density at radius 3 is 2.95 bits per heavy atom. The first-order chi connectivity index (χ1) is 9.52. The summed E-state index contributed by atoms with van der Waals surface area (Å²) in [5, 5.41) is 7.70. The molecule has 0 unspecified atom stereocenters. The molecule has 0 spiro atoms. The van der Waals surface area contributed by atoms with Crippen molar-refractivity contribution in [3.05, 3.63) is 28.0 Å². The lowest BCUT2D eigenvalue weighted by Gasteiger charge is -2.20. The van der Waals surface area contributed by atoms with Crippen LogP contribution < -0.4 is 5.32 Å². The number of aromatic nitrogens is 3. The molecular formula is C13H17N5OS. The molecule has 3 rings (SSSR count). The van der Waals surface area contributed by atoms with Crippen molar-refractivity contribution in [1.82, 2.24) is 19.7 Å². The summed E-state index contributed by atoms with van der Waals surface area (Å²) in [6, 6.07) is 0. The maximum Gasteiger partial charge on any atom is 0.278 e. The van der Waals surface area contributed by atoms with Gasteiger partial charge in [-0.2, -0.15) is 5.10 Å². The Kier molecular flexibility index (Phi) is 3.31. The number of nitrogens with zero attached hydrogens (tertiary/aromatic N) is 4. The van der Waals surface area contributed by atoms with Crippen LogP contribution in [0.4, 0.5) is 5.13 Å². The van der Waals surface area contributed by atoms with Gasteiger partial charge in [0.25, 0.3) is 5.91 Å². The summed E-state index contributed by atoms with van der Waals surface area (Å²) in [6.45, 7) is 3.80. The third kappa shape index (κ3) is 2.46. The van der Waals surface area contributed by atoms with Crippen molar-refractivity contribution < 1.29 is 4.79 Å². The Balaban J connectivity index is 1.78. The highest BCUT2D eigenvalue weighted by Gasteiger charge is 2.20. The highest BCUT2D eigenvalue weighted by atomic mass is 32.1. The minimum Gasteiger partial charge on any atom is -0.301 e. The van der Waals surface area contributed by atoms with Gasteiger partial charge in [-0.25, -0.2) is 4.98 Å². The Bertz CT molecular complexity index is 660. The molecule has 7 heteroatoms. The van der Waals surface area contributed by atoms with E-state index in [9.17, 15) is 4.79 Å². The SMILES string of the molecule is Cc1cn(C)nc1C(=O)Nc1nc2c(s1)CN(C)CC2. The summed E-state index contributed by atoms with van der Waals surface area (Å²) in [6.07, 6.45) is 2.78. The van der Waals surface area contributed by atoms with E-state index in [4.69, 9.17) is 0 Å². The molecule has 0 radical (unpaired) electrons. The molecule has 1 N–H and O–H groups in total. The standard InChI is InChI=1S/C13H17N5OS/c1-8-6-18(3)16-11(8)12(19)15-13-14-9-4-5-17(2)7-10(9)20-13/h6H,4-5,7H2,1-3H3,(H,14,15,19). The van der Waals surface area contributed by atoms with Gasteiger partial charge < -0.3 is 4.90 Å². The molecule has 0 saturated heterocycles. The number of carbonyl (C=O) groups is 1. The molecular weight excluding hydrogens is 274 g/mol. The monoisotopic (exact) mass is 291 g/mol. The lowest BCUT2D eigenvalue weighted by molar-refractivity contribution is 0.102. The van der Waals surface area contributed by atoms with Crippen LogP contribution in [0.1, 0.15) is 26.6 Å². The predicted octanol–water partition coefficient (Wildman–Crippen LogP) is 1.43. The molecule has 0 atom stereocenters. The number of hydrogen-bond acceptors (Lipinski definition) is 5. The second-order valence-corrected chi connectivity index (χ2v) is 6.25. The fourth-order valence-electron chi connectivity index (χ4n) is 2.36. The first-order valence-corrected chi connectivity index (χ1v) is 7.33. The number of anilines is 1. The Morgan fingerprint density at radius 2 is 2.25 bits per heavy atom. The first kappa shape index (κ1) is 13.3. The number of thiazole rings is 1. The van der Waals surface area contributed by atoms with Crippen LogP contribution in [0.2, 0.25) is 0 Å². The Morgan fingerprint density at radius 1 is 1.45 bits per heavy atom. The lowest BCUT2D eigenvalue weighted by Crippen LogP contribution is -2.25. The molecule has 2 aromatic heterocycles. The van der Waals surface area contributed by atoms with Crippen LogP contribution in [-0.4, -0.2) is 39.2 Å². The van der Waals surface area contributed by atoms with E-state index in [2.05, 4.69) is 27.3 Å². The summed E-state index contributed by atoms with van der Waals surface area (Å²) in [5.41, 5.74) is 2.44. The number of amides is 1. The van der Waals surface area contributed by atoms with Gasteiger partial charge in [-0.3, -0.25) is 14.8 Å². The van der Waals surface area contributed by atoms with Crippen LogP contribution in [0.3, 0.4) is 0 Å². The predicted molar refractivity (Wildman–Crippen MR) is 78.1 cm³/mol. The van der Waals surface area contributed by atoms with Gasteiger partial charge in [0.05, 0.1) is 5.69 Å². The number of rotatable bonds is 2. The molecule has 2 aromatic rings. The maximum atomic E-state index is 12.2. The van der Waals surface area contributed by atoms with E-state index < -0.39 is 0 Å². The van der Waals surface area contributed by atoms with Crippen LogP contribution in [-0.2, 0) is 20.0 Å². The van der Waals surface area contributed by atoms with Crippen molar-refractivity contribution in [2.45, 2.75) is 19.9 Å². The zero-order valence-electron chi connectivity index (χ0n) is 11.8. The molecule has 3 heterocycles. The number of nitrogens with one attached hydrogen (secondary N) is 1. The third-order valence-electron chi connectivity index (χ3n) is 3.37. The first-order valence-electron chi connectivity index (χ1n) is 6.51. The second-order valence-electron chi connectivity index (χ2n) is 5.17. The van der Waals surface area contributed by atoms with E-state index in [-0.39, 0.29) is 5.91 Å². The van der Waals surface area contributed by atoms with Gasteiger partial charge >= 0.3 is 0 Å². The van der Waals surface area contributed by atoms with Crippen LogP contribution in [0.5, 0.6) is 0 Å². The minimum atomic E-state index is -0.192. The van der Waals surface area contributed by atoms with Gasteiger partial charge in [0.2, 0.25) is 0 Å². The second kappa shape index (κ2) is 4.99. The van der Waals surface area contributed by atoms with Gasteiger partial charge in [-0.1, -0.05) is 0 Å². The van der Waals surface area contributed by atoms with Crippen molar-refractivity contribution in [3.8, 4) is 0 Å². The topological polar surface area (TPSA) is 63.1 Å². The van der Waals surface area contributed by atoms with E-state index >= 15 is 0 Å². The van der Waals surface area contributed by atoms with Crippen molar-refractivity contribution in [1.29, 1.82) is 0 Å². The van der Waals surface area contributed by atoms with Crippen LogP contribution >= 0.6 is 11.3 Å². The van der Waals surface area contributed by atoms with Gasteiger partial charge in [-0.05, 0) is 14.0 Å². The normalized spacial score (nSPS) is 15.2. The fourth-order valence-corrected chi connectivity index (χ4v) is 3.45. The minimum absolute atomic E-state index is 0.192. The van der Waals surface area contributed by atoms with Crippen molar-refractivity contribution >= 4 is 22.4 Å². The molecule has 6 nitrogen and oxygen atoms in total. The number of aryl methyl sites for hydroxylation is 2. The number of carbonyl (C=O) groups excluding carboxylic acids is 1. The van der Waals surface area contributed by atoms with E-state index in [1.807, 2.05) is 20.2 Å². The summed E-state index contributed by atoms with van der Waals surface area (Å²) >= 11 is 1.56. The van der Waals surface area contributed by atoms with E-state index in [0.29, 0.717) is 10.8 Å². The van der Waals surface area contributed by atoms with Crippen LogP contribution in [0.25, 0.3) is 0 Å². The van der Waals surface area contributed by atoms with E-state index in [0.717, 1.165) is 30.8 Å². The van der Waals surface area contributed by atoms with Crippen molar-refractivity contribution in [2.24, 2.45) is 7.05 Å². The Hall–Kier alpha value is -1.73. The number of hydrogen-bond donors (Lipinski definition) is 1. The molecule has 1 amide bonds. The average molecular weight is 291 g/mol. The molecule has 0 aromatic carbocycles. The zero-order valence-corrected chi connectivity index (χ0v) is 12.6. The summed E-state index contributed by atoms with van der Waals surface area (Å²) < 4.78 is 1.64. The van der Waals surface area contributed by atoms with Crippen molar-refractivity contribution in [2.75, 3.05) is 18.9 Å². The van der Waals surface area contributed by atoms with Gasteiger partial charge in [0.1, 0.15) is 0 Å². The fraction of sp³-hybridized carbons (Fsp3) is 0.462. The smallest absolute Gasteiger partial charge is 0.278 e. The van der Waals surface area contributed by atoms with Gasteiger partial charge in [0, 0.05) is 43.2 Å². The molecule has 106 valence electrons. The quantitative estimate of drug-likeness (QED) is 0.909. The molecule has 1 aliphatic heterocycles. The lowest BCUT2D eigenvalue weighted by atomic mass is 10.2. The molecule has 20 heavy (non-hydrogen) atoms. The average Bonchev–Trinajstić information content (AvgIpc) is 2.91. The summed E-state index contributed by atoms with van der Waals surface area (Å²) in [4.78, 5) is 20.2. The van der Waals surface area contributed by atoms with E-state index in [1.165, 1.54) is 4.88 Å². The maximum absolute atomic E-state index is 12.2. The zero-order chi connectivity index (χ0) is 14.3. The molecule has 0 bridgehead atoms. The molecule has 0 aliphatic carbocycles. The van der Waals surface area contributed by atoms with Crippen LogP contribution in [0.15, 0.2) is 6.20 Å². The van der Waals surface area contributed by atoms with Gasteiger partial charge in [0.15, 0.2) is 10.8 Å². The van der Waals surface area contributed by atoms with Crippen LogP contribution in [0, 0.1) is 6.92 Å². The third-order valence-corrected chi connectivity index (χ3v) is 4.37. The molecule has 1 aliphatic rings. The molecule has 0 saturated carbocycles. The van der Waals surface area contributed by atoms with Crippen molar-refractivity contribution in [3.63, 3.8) is 0 Å². The highest BCUT2D eigenvalue weighted by Crippen LogP contribution is 2.28. The largest absolute Gasteiger partial charge is 0.301 e. The number of likely N-dealkylation sites (N-methyl/N-ethyl adjacent to an activating group) is 1. The van der Waals surface area contributed by atoms with Gasteiger partial charge in [-0.15, -0.1) is 11.3 Å². The van der Waals surface area contributed by atoms with E-state index in [1.54, 1.807) is 16.0 Å². The summed E-state index contributed by atoms with van der Waals surface area (Å²) in [5.74, 6) is -0.192. The molecule has 0 fully saturated rings. The number of fused-ring (bicyclic) bond motifs is 1. The Labute approximate surface area is 121 Å². The summed E-state index contributed by atoms with van der Waals surface area (Å²) in [7, 11) is 3.90.